The molecule has 0 saturated carbocycles. The normalized spacial score (nSPS) is 22.7. The van der Waals surface area contributed by atoms with Gasteiger partial charge in [0, 0.05) is 13.6 Å². The van der Waals surface area contributed by atoms with E-state index in [-0.39, 0.29) is 24.1 Å². The van der Waals surface area contributed by atoms with Crippen molar-refractivity contribution in [3.8, 4) is 0 Å². The molecule has 4 N–H and O–H groups in total. The number of hydrogen-bond donors (Lipinski definition) is 3. The third kappa shape index (κ3) is 3.41. The molecule has 1 aliphatic heterocycles. The minimum Gasteiger partial charge on any atom is -0.409 e. The van der Waals surface area contributed by atoms with E-state index in [4.69, 9.17) is 15.7 Å². The van der Waals surface area contributed by atoms with Gasteiger partial charge in [0.25, 0.3) is 0 Å². The van der Waals surface area contributed by atoms with Gasteiger partial charge in [-0.3, -0.25) is 14.5 Å². The maximum absolute atomic E-state index is 11.5. The van der Waals surface area contributed by atoms with Gasteiger partial charge in [0.15, 0.2) is 5.84 Å². The molecule has 1 aliphatic rings. The lowest BCUT2D eigenvalue weighted by molar-refractivity contribution is -0.137. The number of ether oxygens (including phenoxy) is 1. The van der Waals surface area contributed by atoms with Crippen LogP contribution < -0.4 is 11.1 Å². The number of nitrogens with one attached hydrogen (secondary N) is 1. The third-order valence-electron chi connectivity index (χ3n) is 2.77. The van der Waals surface area contributed by atoms with Crippen LogP contribution in [0.15, 0.2) is 5.16 Å². The van der Waals surface area contributed by atoms with Crippen molar-refractivity contribution in [3.05, 3.63) is 0 Å². The van der Waals surface area contributed by atoms with Gasteiger partial charge >= 0.3 is 0 Å². The lowest BCUT2D eigenvalue weighted by atomic mass is 10.2. The first-order chi connectivity index (χ1) is 8.47. The van der Waals surface area contributed by atoms with E-state index in [0.29, 0.717) is 13.2 Å². The monoisotopic (exact) mass is 258 g/mol. The van der Waals surface area contributed by atoms with E-state index in [9.17, 15) is 9.59 Å². The maximum atomic E-state index is 11.5. The molecule has 1 saturated heterocycles. The van der Waals surface area contributed by atoms with Gasteiger partial charge in [0.2, 0.25) is 11.8 Å². The Morgan fingerprint density at radius 2 is 2.39 bits per heavy atom. The number of rotatable bonds is 6. The van der Waals surface area contributed by atoms with Crippen molar-refractivity contribution in [2.45, 2.75) is 25.5 Å². The van der Waals surface area contributed by atoms with Crippen molar-refractivity contribution in [1.82, 2.24) is 10.2 Å². The molecular formula is C10H18N4O4. The van der Waals surface area contributed by atoms with Crippen molar-refractivity contribution in [1.29, 1.82) is 0 Å². The number of amides is 2. The Balaban J connectivity index is 2.23. The number of imide groups is 1. The average Bonchev–Trinajstić information content (AvgIpc) is 2.61. The number of nitrogens with two attached hydrogens (primary N) is 1. The summed E-state index contributed by atoms with van der Waals surface area (Å²) in [5.74, 6) is -0.435. The number of hydrogen-bond acceptors (Lipinski definition) is 6. The molecule has 18 heavy (non-hydrogen) atoms. The Morgan fingerprint density at radius 1 is 1.72 bits per heavy atom. The topological polar surface area (TPSA) is 117 Å². The Morgan fingerprint density at radius 3 is 2.89 bits per heavy atom. The summed E-state index contributed by atoms with van der Waals surface area (Å²) in [7, 11) is 1.46. The lowest BCUT2D eigenvalue weighted by Crippen LogP contribution is -2.39. The first kappa shape index (κ1) is 14.4. The third-order valence-corrected chi connectivity index (χ3v) is 2.77. The van der Waals surface area contributed by atoms with E-state index in [1.165, 1.54) is 7.05 Å². The second kappa shape index (κ2) is 6.31. The summed E-state index contributed by atoms with van der Waals surface area (Å²) in [6.45, 7) is 2.34. The van der Waals surface area contributed by atoms with E-state index < -0.39 is 12.1 Å². The SMILES string of the molecule is CC(OCCNC1CC(=O)N(C)C1=O)C(N)=NO. The summed E-state index contributed by atoms with van der Waals surface area (Å²) in [5.41, 5.74) is 5.33. The Kier molecular flexibility index (Phi) is 5.05. The molecule has 2 unspecified atom stereocenters. The van der Waals surface area contributed by atoms with Crippen LogP contribution in [0.5, 0.6) is 0 Å². The molecule has 8 heteroatoms. The molecule has 8 nitrogen and oxygen atoms in total. The zero-order valence-corrected chi connectivity index (χ0v) is 10.4. The Labute approximate surface area is 105 Å². The van der Waals surface area contributed by atoms with Gasteiger partial charge in [-0.15, -0.1) is 0 Å². The van der Waals surface area contributed by atoms with Crippen LogP contribution in [-0.2, 0) is 14.3 Å². The first-order valence-electron chi connectivity index (χ1n) is 5.60. The number of oxime groups is 1. The quantitative estimate of drug-likeness (QED) is 0.133. The molecule has 2 atom stereocenters. The van der Waals surface area contributed by atoms with Gasteiger partial charge in [-0.2, -0.15) is 0 Å². The van der Waals surface area contributed by atoms with Gasteiger partial charge in [-0.1, -0.05) is 5.16 Å². The summed E-state index contributed by atoms with van der Waals surface area (Å²) in [4.78, 5) is 23.9. The number of amidine groups is 1. The van der Waals surface area contributed by atoms with Gasteiger partial charge in [-0.25, -0.2) is 0 Å². The molecule has 1 rings (SSSR count). The van der Waals surface area contributed by atoms with E-state index in [1.807, 2.05) is 0 Å². The largest absolute Gasteiger partial charge is 0.409 e. The van der Waals surface area contributed by atoms with Crippen molar-refractivity contribution < 1.29 is 19.5 Å². The highest BCUT2D eigenvalue weighted by Crippen LogP contribution is 2.09. The standard InChI is InChI=1S/C10H18N4O4/c1-6(9(11)13-17)18-4-3-12-7-5-8(15)14(2)10(7)16/h6-7,12,17H,3-5H2,1-2H3,(H2,11,13). The molecule has 0 bridgehead atoms. The Hall–Kier alpha value is -1.67. The summed E-state index contributed by atoms with van der Waals surface area (Å²) in [6.07, 6.45) is -0.328. The van der Waals surface area contributed by atoms with Gasteiger partial charge in [0.1, 0.15) is 6.10 Å². The molecule has 0 aromatic heterocycles. The molecule has 1 heterocycles. The second-order valence-electron chi connectivity index (χ2n) is 4.04. The molecule has 0 radical (unpaired) electrons. The van der Waals surface area contributed by atoms with Crippen LogP contribution in [0.2, 0.25) is 0 Å². The molecule has 0 aliphatic carbocycles. The number of likely N-dealkylation sites (tertiary alicyclic amines) is 1. The molecule has 0 spiro atoms. The van der Waals surface area contributed by atoms with Crippen molar-refractivity contribution >= 4 is 17.6 Å². The fourth-order valence-corrected chi connectivity index (χ4v) is 1.55. The highest BCUT2D eigenvalue weighted by molar-refractivity contribution is 6.05. The predicted octanol–water partition coefficient (Wildman–Crippen LogP) is -1.52. The van der Waals surface area contributed by atoms with Crippen LogP contribution in [0.25, 0.3) is 0 Å². The number of likely N-dealkylation sites (N-methyl/N-ethyl adjacent to an activating group) is 1. The van der Waals surface area contributed by atoms with Crippen molar-refractivity contribution in [2.75, 3.05) is 20.2 Å². The first-order valence-corrected chi connectivity index (χ1v) is 5.60. The maximum Gasteiger partial charge on any atom is 0.246 e. The second-order valence-corrected chi connectivity index (χ2v) is 4.04. The number of carbonyl (C=O) groups is 2. The zero-order chi connectivity index (χ0) is 13.7. The number of nitrogens with zero attached hydrogens (tertiary/aromatic N) is 2. The van der Waals surface area contributed by atoms with E-state index in [0.717, 1.165) is 4.90 Å². The minimum absolute atomic E-state index is 0.0122. The highest BCUT2D eigenvalue weighted by atomic mass is 16.5. The van der Waals surface area contributed by atoms with Gasteiger partial charge < -0.3 is 21.0 Å². The fraction of sp³-hybridized carbons (Fsp3) is 0.700. The van der Waals surface area contributed by atoms with E-state index in [2.05, 4.69) is 10.5 Å². The molecule has 1 fully saturated rings. The van der Waals surface area contributed by atoms with Crippen LogP contribution >= 0.6 is 0 Å². The molecular weight excluding hydrogens is 240 g/mol. The van der Waals surface area contributed by atoms with Crippen LogP contribution in [0.1, 0.15) is 13.3 Å². The molecule has 102 valence electrons. The summed E-state index contributed by atoms with van der Waals surface area (Å²) in [6, 6.07) is -0.481. The highest BCUT2D eigenvalue weighted by Gasteiger charge is 2.35. The van der Waals surface area contributed by atoms with E-state index in [1.54, 1.807) is 6.92 Å². The lowest BCUT2D eigenvalue weighted by Gasteiger charge is -2.13. The minimum atomic E-state index is -0.500. The van der Waals surface area contributed by atoms with Gasteiger partial charge in [0.05, 0.1) is 19.1 Å². The predicted molar refractivity (Wildman–Crippen MR) is 63.0 cm³/mol. The zero-order valence-electron chi connectivity index (χ0n) is 10.4. The van der Waals surface area contributed by atoms with Crippen molar-refractivity contribution in [3.63, 3.8) is 0 Å². The van der Waals surface area contributed by atoms with Crippen molar-refractivity contribution in [2.24, 2.45) is 10.9 Å². The van der Waals surface area contributed by atoms with Crippen LogP contribution in [0.4, 0.5) is 0 Å². The van der Waals surface area contributed by atoms with Gasteiger partial charge in [-0.05, 0) is 6.92 Å². The summed E-state index contributed by atoms with van der Waals surface area (Å²) >= 11 is 0. The fourth-order valence-electron chi connectivity index (χ4n) is 1.55. The van der Waals surface area contributed by atoms with Crippen LogP contribution in [0, 0.1) is 0 Å². The average molecular weight is 258 g/mol. The summed E-state index contributed by atoms with van der Waals surface area (Å²) < 4.78 is 5.26. The van der Waals surface area contributed by atoms with E-state index >= 15 is 0 Å². The Bertz CT molecular complexity index is 358. The summed E-state index contributed by atoms with van der Waals surface area (Å²) in [5, 5.41) is 14.2. The number of carbonyl (C=O) groups excluding carboxylic acids is 2. The molecule has 0 aromatic rings. The smallest absolute Gasteiger partial charge is 0.246 e. The van der Waals surface area contributed by atoms with Crippen LogP contribution in [0.3, 0.4) is 0 Å². The molecule has 0 aromatic carbocycles. The van der Waals surface area contributed by atoms with Crippen LogP contribution in [-0.4, -0.2) is 60.1 Å². The molecule has 2 amide bonds.